The maximum atomic E-state index is 11.7. The van der Waals surface area contributed by atoms with Gasteiger partial charge in [-0.3, -0.25) is 0 Å². The van der Waals surface area contributed by atoms with Gasteiger partial charge < -0.3 is 4.74 Å². The topological polar surface area (TPSA) is 50.1 Å². The van der Waals surface area contributed by atoms with Crippen LogP contribution in [0.15, 0.2) is 48.5 Å². The second-order valence-electron chi connectivity index (χ2n) is 3.99. The summed E-state index contributed by atoms with van der Waals surface area (Å²) in [6, 6.07) is 16.6. The molecule has 0 saturated heterocycles. The van der Waals surface area contributed by atoms with E-state index >= 15 is 0 Å². The summed E-state index contributed by atoms with van der Waals surface area (Å²) in [4.78, 5) is 11.7. The number of hydrogen-bond donors (Lipinski definition) is 0. The van der Waals surface area contributed by atoms with E-state index < -0.39 is 0 Å². The van der Waals surface area contributed by atoms with Crippen LogP contribution >= 0.6 is 0 Å². The minimum Gasteiger partial charge on any atom is -0.462 e. The number of rotatable bonds is 3. The van der Waals surface area contributed by atoms with Crippen molar-refractivity contribution >= 4 is 5.97 Å². The zero-order valence-electron chi connectivity index (χ0n) is 10.6. The van der Waals surface area contributed by atoms with Crippen molar-refractivity contribution in [1.29, 1.82) is 5.26 Å². The molecule has 0 N–H and O–H groups in total. The maximum absolute atomic E-state index is 11.7. The molecule has 0 aromatic heterocycles. The average Bonchev–Trinajstić information content (AvgIpc) is 2.48. The molecule has 0 aliphatic carbocycles. The van der Waals surface area contributed by atoms with E-state index in [0.29, 0.717) is 17.7 Å². The fourth-order valence-corrected chi connectivity index (χ4v) is 1.81. The minimum absolute atomic E-state index is 0.333. The molecule has 0 atom stereocenters. The maximum Gasteiger partial charge on any atom is 0.338 e. The van der Waals surface area contributed by atoms with Crippen LogP contribution in [0.25, 0.3) is 11.1 Å². The molecule has 0 radical (unpaired) electrons. The molecule has 3 nitrogen and oxygen atoms in total. The summed E-state index contributed by atoms with van der Waals surface area (Å²) in [6.07, 6.45) is 0. The first-order valence-corrected chi connectivity index (χ1v) is 6.02. The van der Waals surface area contributed by atoms with E-state index in [0.717, 1.165) is 11.1 Å². The largest absolute Gasteiger partial charge is 0.462 e. The lowest BCUT2D eigenvalue weighted by atomic mass is 10.0. The SMILES string of the molecule is CCOC(=O)c1cccc(-c2cccc(C#N)c2)c1. The monoisotopic (exact) mass is 251 g/mol. The van der Waals surface area contributed by atoms with E-state index in [2.05, 4.69) is 6.07 Å². The number of carbonyl (C=O) groups is 1. The van der Waals surface area contributed by atoms with Crippen molar-refractivity contribution in [3.05, 3.63) is 59.7 Å². The van der Waals surface area contributed by atoms with Gasteiger partial charge in [0.2, 0.25) is 0 Å². The van der Waals surface area contributed by atoms with Crippen molar-refractivity contribution in [2.45, 2.75) is 6.92 Å². The number of nitriles is 1. The minimum atomic E-state index is -0.333. The summed E-state index contributed by atoms with van der Waals surface area (Å²) in [5.74, 6) is -0.333. The van der Waals surface area contributed by atoms with Gasteiger partial charge in [0.25, 0.3) is 0 Å². The first kappa shape index (κ1) is 12.8. The van der Waals surface area contributed by atoms with Gasteiger partial charge in [-0.1, -0.05) is 24.3 Å². The number of benzene rings is 2. The quantitative estimate of drug-likeness (QED) is 0.785. The Balaban J connectivity index is 2.38. The van der Waals surface area contributed by atoms with Gasteiger partial charge in [-0.2, -0.15) is 5.26 Å². The number of ether oxygens (including phenoxy) is 1. The number of nitrogens with zero attached hydrogens (tertiary/aromatic N) is 1. The van der Waals surface area contributed by atoms with Gasteiger partial charge in [0, 0.05) is 0 Å². The fourth-order valence-electron chi connectivity index (χ4n) is 1.81. The lowest BCUT2D eigenvalue weighted by Gasteiger charge is -2.05. The zero-order chi connectivity index (χ0) is 13.7. The van der Waals surface area contributed by atoms with Crippen molar-refractivity contribution < 1.29 is 9.53 Å². The average molecular weight is 251 g/mol. The van der Waals surface area contributed by atoms with E-state index in [1.807, 2.05) is 18.2 Å². The Labute approximate surface area is 112 Å². The van der Waals surface area contributed by atoms with Gasteiger partial charge >= 0.3 is 5.97 Å². The van der Waals surface area contributed by atoms with Crippen molar-refractivity contribution in [3.8, 4) is 17.2 Å². The number of esters is 1. The van der Waals surface area contributed by atoms with E-state index in [4.69, 9.17) is 10.00 Å². The highest BCUT2D eigenvalue weighted by Gasteiger charge is 2.07. The highest BCUT2D eigenvalue weighted by atomic mass is 16.5. The molecule has 0 amide bonds. The number of hydrogen-bond acceptors (Lipinski definition) is 3. The zero-order valence-corrected chi connectivity index (χ0v) is 10.6. The molecule has 0 unspecified atom stereocenters. The normalized spacial score (nSPS) is 9.68. The first-order chi connectivity index (χ1) is 9.24. The van der Waals surface area contributed by atoms with E-state index in [9.17, 15) is 4.79 Å². The highest BCUT2D eigenvalue weighted by Crippen LogP contribution is 2.21. The molecular weight excluding hydrogens is 238 g/mol. The van der Waals surface area contributed by atoms with Gasteiger partial charge in [-0.15, -0.1) is 0 Å². The van der Waals surface area contributed by atoms with Crippen molar-refractivity contribution in [3.63, 3.8) is 0 Å². The third-order valence-electron chi connectivity index (χ3n) is 2.70. The second-order valence-corrected chi connectivity index (χ2v) is 3.99. The van der Waals surface area contributed by atoms with Crippen LogP contribution in [0.5, 0.6) is 0 Å². The molecule has 0 aliphatic heterocycles. The second kappa shape index (κ2) is 5.83. The predicted molar refractivity (Wildman–Crippen MR) is 72.5 cm³/mol. The summed E-state index contributed by atoms with van der Waals surface area (Å²) in [5.41, 5.74) is 2.91. The molecule has 0 saturated carbocycles. The van der Waals surface area contributed by atoms with Crippen LogP contribution in [0.1, 0.15) is 22.8 Å². The highest BCUT2D eigenvalue weighted by molar-refractivity contribution is 5.91. The Kier molecular flexibility index (Phi) is 3.94. The van der Waals surface area contributed by atoms with E-state index in [1.165, 1.54) is 0 Å². The van der Waals surface area contributed by atoms with Crippen LogP contribution in [-0.2, 0) is 4.74 Å². The van der Waals surface area contributed by atoms with E-state index in [-0.39, 0.29) is 5.97 Å². The molecule has 0 fully saturated rings. The lowest BCUT2D eigenvalue weighted by molar-refractivity contribution is 0.0526. The van der Waals surface area contributed by atoms with Crippen LogP contribution in [0.3, 0.4) is 0 Å². The van der Waals surface area contributed by atoms with Gasteiger partial charge in [0.15, 0.2) is 0 Å². The summed E-state index contributed by atoms with van der Waals surface area (Å²) in [6.45, 7) is 2.13. The van der Waals surface area contributed by atoms with Gasteiger partial charge in [0.1, 0.15) is 0 Å². The third kappa shape index (κ3) is 2.99. The molecule has 2 aromatic rings. The molecule has 0 aliphatic rings. The molecule has 2 aromatic carbocycles. The van der Waals surface area contributed by atoms with Crippen molar-refractivity contribution in [2.24, 2.45) is 0 Å². The summed E-state index contributed by atoms with van der Waals surface area (Å²) >= 11 is 0. The summed E-state index contributed by atoms with van der Waals surface area (Å²) in [5, 5.41) is 8.90. The van der Waals surface area contributed by atoms with Crippen molar-refractivity contribution in [2.75, 3.05) is 6.61 Å². The third-order valence-corrected chi connectivity index (χ3v) is 2.70. The van der Waals surface area contributed by atoms with Crippen LogP contribution in [0.4, 0.5) is 0 Å². The molecule has 3 heteroatoms. The Hall–Kier alpha value is -2.60. The van der Waals surface area contributed by atoms with E-state index in [1.54, 1.807) is 37.3 Å². The first-order valence-electron chi connectivity index (χ1n) is 6.02. The standard InChI is InChI=1S/C16H13NO2/c1-2-19-16(18)15-8-4-7-14(10-15)13-6-3-5-12(9-13)11-17/h3-10H,2H2,1H3. The molecule has 2 rings (SSSR count). The Morgan fingerprint density at radius 2 is 1.84 bits per heavy atom. The fraction of sp³-hybridized carbons (Fsp3) is 0.125. The molecule has 0 bridgehead atoms. The summed E-state index contributed by atoms with van der Waals surface area (Å²) in [7, 11) is 0. The molecule has 94 valence electrons. The molecular formula is C16H13NO2. The molecule has 0 heterocycles. The van der Waals surface area contributed by atoms with Gasteiger partial charge in [-0.05, 0) is 42.3 Å². The van der Waals surface area contributed by atoms with Crippen LogP contribution in [-0.4, -0.2) is 12.6 Å². The Morgan fingerprint density at radius 1 is 1.16 bits per heavy atom. The van der Waals surface area contributed by atoms with Crippen LogP contribution < -0.4 is 0 Å². The number of carbonyl (C=O) groups excluding carboxylic acids is 1. The van der Waals surface area contributed by atoms with Gasteiger partial charge in [-0.25, -0.2) is 4.79 Å². The molecule has 19 heavy (non-hydrogen) atoms. The Morgan fingerprint density at radius 3 is 2.53 bits per heavy atom. The summed E-state index contributed by atoms with van der Waals surface area (Å²) < 4.78 is 4.97. The predicted octanol–water partition coefficient (Wildman–Crippen LogP) is 3.40. The van der Waals surface area contributed by atoms with Crippen LogP contribution in [0.2, 0.25) is 0 Å². The smallest absolute Gasteiger partial charge is 0.338 e. The van der Waals surface area contributed by atoms with Gasteiger partial charge in [0.05, 0.1) is 23.8 Å². The molecule has 0 spiro atoms. The van der Waals surface area contributed by atoms with Crippen molar-refractivity contribution in [1.82, 2.24) is 0 Å². The Bertz CT molecular complexity index is 641. The lowest BCUT2D eigenvalue weighted by Crippen LogP contribution is -2.04. The van der Waals surface area contributed by atoms with Crippen LogP contribution in [0, 0.1) is 11.3 Å².